The number of carbonyl (C=O) groups excluding carboxylic acids is 1. The highest BCUT2D eigenvalue weighted by atomic mass is 16.7. The number of hydrogen-bond acceptors (Lipinski definition) is 7. The van der Waals surface area contributed by atoms with Gasteiger partial charge in [-0.25, -0.2) is 9.48 Å². The molecule has 8 heteroatoms. The van der Waals surface area contributed by atoms with Crippen molar-refractivity contribution in [3.63, 3.8) is 0 Å². The summed E-state index contributed by atoms with van der Waals surface area (Å²) in [5, 5.41) is 5.43. The average molecular weight is 443 g/mol. The van der Waals surface area contributed by atoms with Crippen LogP contribution in [0.15, 0.2) is 73.1 Å². The Kier molecular flexibility index (Phi) is 6.12. The summed E-state index contributed by atoms with van der Waals surface area (Å²) in [6, 6.07) is 19.8. The third kappa shape index (κ3) is 4.78. The monoisotopic (exact) mass is 442 g/mol. The van der Waals surface area contributed by atoms with Gasteiger partial charge in [0, 0.05) is 57.0 Å². The number of nitrogens with zero attached hydrogens (tertiary/aromatic N) is 5. The van der Waals surface area contributed by atoms with Crippen molar-refractivity contribution in [3.8, 4) is 5.69 Å². The number of hydrogen-bond donors (Lipinski definition) is 1. The van der Waals surface area contributed by atoms with Gasteiger partial charge < -0.3 is 4.84 Å². The molecule has 33 heavy (non-hydrogen) atoms. The summed E-state index contributed by atoms with van der Waals surface area (Å²) in [5.41, 5.74) is 4.25. The van der Waals surface area contributed by atoms with E-state index in [1.165, 1.54) is 5.56 Å². The van der Waals surface area contributed by atoms with Gasteiger partial charge >= 0.3 is 5.97 Å². The number of nitrogens with two attached hydrogens (primary N) is 1. The summed E-state index contributed by atoms with van der Waals surface area (Å²) in [6.45, 7) is 6.00. The zero-order chi connectivity index (χ0) is 22.6. The van der Waals surface area contributed by atoms with Crippen molar-refractivity contribution in [2.45, 2.75) is 13.1 Å². The molecule has 2 aromatic carbocycles. The highest BCUT2D eigenvalue weighted by Gasteiger charge is 2.18. The van der Waals surface area contributed by atoms with Crippen molar-refractivity contribution in [2.75, 3.05) is 26.2 Å². The van der Waals surface area contributed by atoms with Crippen molar-refractivity contribution in [1.29, 1.82) is 0 Å². The van der Waals surface area contributed by atoms with Crippen LogP contribution in [0.3, 0.4) is 0 Å². The molecule has 1 saturated heterocycles. The molecule has 0 spiro atoms. The van der Waals surface area contributed by atoms with E-state index < -0.39 is 5.97 Å². The van der Waals surface area contributed by atoms with Gasteiger partial charge in [0.05, 0.1) is 16.9 Å². The van der Waals surface area contributed by atoms with Crippen LogP contribution in [0, 0.1) is 0 Å². The molecule has 0 unspecified atom stereocenters. The second-order valence-electron chi connectivity index (χ2n) is 8.26. The SMILES string of the molecule is NOC(=O)c1cccc2cn(-c3ccc(CN4CCN(Cc5ccccn5)CC4)cc3)nc12. The minimum Gasteiger partial charge on any atom is -0.370 e. The summed E-state index contributed by atoms with van der Waals surface area (Å²) in [4.78, 5) is 25.7. The van der Waals surface area contributed by atoms with E-state index in [0.717, 1.165) is 56.0 Å². The number of benzene rings is 2. The van der Waals surface area contributed by atoms with Crippen molar-refractivity contribution >= 4 is 16.9 Å². The van der Waals surface area contributed by atoms with Gasteiger partial charge in [-0.3, -0.25) is 14.8 Å². The fourth-order valence-electron chi connectivity index (χ4n) is 4.24. The van der Waals surface area contributed by atoms with E-state index in [1.54, 1.807) is 16.8 Å². The van der Waals surface area contributed by atoms with E-state index >= 15 is 0 Å². The molecule has 4 aromatic rings. The predicted octanol–water partition coefficient (Wildman–Crippen LogP) is 2.77. The molecule has 1 aliphatic rings. The lowest BCUT2D eigenvalue weighted by atomic mass is 10.1. The Morgan fingerprint density at radius 3 is 2.36 bits per heavy atom. The van der Waals surface area contributed by atoms with Gasteiger partial charge in [-0.05, 0) is 35.9 Å². The summed E-state index contributed by atoms with van der Waals surface area (Å²) < 4.78 is 1.78. The third-order valence-corrected chi connectivity index (χ3v) is 6.05. The van der Waals surface area contributed by atoms with E-state index in [0.29, 0.717) is 11.1 Å². The molecular formula is C25H26N6O2. The van der Waals surface area contributed by atoms with Crippen LogP contribution in [0.2, 0.25) is 0 Å². The molecule has 0 radical (unpaired) electrons. The van der Waals surface area contributed by atoms with Crippen LogP contribution in [0.1, 0.15) is 21.6 Å². The fourth-order valence-corrected chi connectivity index (χ4v) is 4.24. The molecule has 0 bridgehead atoms. The second-order valence-corrected chi connectivity index (χ2v) is 8.26. The Balaban J connectivity index is 1.21. The number of piperazine rings is 1. The van der Waals surface area contributed by atoms with Gasteiger partial charge in [-0.1, -0.05) is 30.3 Å². The van der Waals surface area contributed by atoms with Crippen molar-refractivity contribution in [3.05, 3.63) is 89.9 Å². The maximum Gasteiger partial charge on any atom is 0.358 e. The third-order valence-electron chi connectivity index (χ3n) is 6.05. The zero-order valence-corrected chi connectivity index (χ0v) is 18.3. The molecule has 3 heterocycles. The van der Waals surface area contributed by atoms with Crippen LogP contribution in [0.5, 0.6) is 0 Å². The first kappa shape index (κ1) is 21.3. The molecule has 8 nitrogen and oxygen atoms in total. The van der Waals surface area contributed by atoms with E-state index in [9.17, 15) is 4.79 Å². The minimum absolute atomic E-state index is 0.354. The first-order chi connectivity index (χ1) is 16.2. The molecule has 0 amide bonds. The molecule has 0 saturated carbocycles. The smallest absolute Gasteiger partial charge is 0.358 e. The van der Waals surface area contributed by atoms with Gasteiger partial charge in [0.2, 0.25) is 0 Å². The van der Waals surface area contributed by atoms with Gasteiger partial charge in [0.15, 0.2) is 0 Å². The molecule has 2 N–H and O–H groups in total. The molecule has 1 aliphatic heterocycles. The molecule has 5 rings (SSSR count). The van der Waals surface area contributed by atoms with Crippen LogP contribution in [-0.4, -0.2) is 56.7 Å². The largest absolute Gasteiger partial charge is 0.370 e. The lowest BCUT2D eigenvalue weighted by molar-refractivity contribution is 0.0505. The van der Waals surface area contributed by atoms with Gasteiger partial charge in [-0.15, -0.1) is 0 Å². The molecule has 168 valence electrons. The van der Waals surface area contributed by atoms with E-state index in [1.807, 2.05) is 30.6 Å². The molecular weight excluding hydrogens is 416 g/mol. The molecule has 0 aliphatic carbocycles. The summed E-state index contributed by atoms with van der Waals surface area (Å²) in [7, 11) is 0. The van der Waals surface area contributed by atoms with E-state index in [2.05, 4.69) is 55.1 Å². The van der Waals surface area contributed by atoms with Gasteiger partial charge in [-0.2, -0.15) is 11.0 Å². The lowest BCUT2D eigenvalue weighted by Gasteiger charge is -2.34. The normalized spacial score (nSPS) is 15.1. The van der Waals surface area contributed by atoms with Crippen LogP contribution in [-0.2, 0) is 17.9 Å². The van der Waals surface area contributed by atoms with Gasteiger partial charge in [0.1, 0.15) is 5.52 Å². The Hall–Kier alpha value is -3.59. The first-order valence-corrected chi connectivity index (χ1v) is 11.0. The maximum absolute atomic E-state index is 11.9. The topological polar surface area (TPSA) is 89.5 Å². The van der Waals surface area contributed by atoms with Crippen molar-refractivity contribution in [1.82, 2.24) is 24.6 Å². The number of carbonyl (C=O) groups is 1. The van der Waals surface area contributed by atoms with Crippen LogP contribution in [0.25, 0.3) is 16.6 Å². The summed E-state index contributed by atoms with van der Waals surface area (Å²) >= 11 is 0. The van der Waals surface area contributed by atoms with Crippen LogP contribution < -0.4 is 5.90 Å². The maximum atomic E-state index is 11.9. The molecule has 2 aromatic heterocycles. The number of rotatable bonds is 6. The van der Waals surface area contributed by atoms with E-state index in [-0.39, 0.29) is 0 Å². The zero-order valence-electron chi connectivity index (χ0n) is 18.3. The van der Waals surface area contributed by atoms with Crippen LogP contribution >= 0.6 is 0 Å². The minimum atomic E-state index is -0.596. The Labute approximate surface area is 192 Å². The molecule has 1 fully saturated rings. The molecule has 0 atom stereocenters. The number of pyridine rings is 1. The van der Waals surface area contributed by atoms with E-state index in [4.69, 9.17) is 5.90 Å². The first-order valence-electron chi connectivity index (χ1n) is 11.0. The van der Waals surface area contributed by atoms with Crippen LogP contribution in [0.4, 0.5) is 0 Å². The summed E-state index contributed by atoms with van der Waals surface area (Å²) in [5.74, 6) is 4.46. The van der Waals surface area contributed by atoms with Crippen molar-refractivity contribution in [2.24, 2.45) is 5.90 Å². The standard InChI is InChI=1S/C25H26N6O2/c26-33-25(32)23-6-3-4-20-17-31(28-24(20)23)22-9-7-19(8-10-22)16-29-12-14-30(15-13-29)18-21-5-1-2-11-27-21/h1-11,17H,12-16,18,26H2. The van der Waals surface area contributed by atoms with Crippen molar-refractivity contribution < 1.29 is 9.63 Å². The Bertz CT molecular complexity index is 1230. The summed E-state index contributed by atoms with van der Waals surface area (Å²) in [6.07, 6.45) is 3.76. The fraction of sp³-hybridized carbons (Fsp3) is 0.240. The average Bonchev–Trinajstić information content (AvgIpc) is 3.30. The number of aromatic nitrogens is 3. The highest BCUT2D eigenvalue weighted by Crippen LogP contribution is 2.21. The Morgan fingerprint density at radius 2 is 1.67 bits per heavy atom. The van der Waals surface area contributed by atoms with Gasteiger partial charge in [0.25, 0.3) is 0 Å². The quantitative estimate of drug-likeness (QED) is 0.459. The Morgan fingerprint density at radius 1 is 0.909 bits per heavy atom. The second kappa shape index (κ2) is 9.50. The lowest BCUT2D eigenvalue weighted by Crippen LogP contribution is -2.45. The highest BCUT2D eigenvalue weighted by molar-refractivity contribution is 6.02. The predicted molar refractivity (Wildman–Crippen MR) is 125 cm³/mol. The number of fused-ring (bicyclic) bond motifs is 1.